The van der Waals surface area contributed by atoms with Gasteiger partial charge in [0.2, 0.25) is 10.0 Å². The quantitative estimate of drug-likeness (QED) is 0.169. The highest BCUT2D eigenvalue weighted by Crippen LogP contribution is 2.15. The minimum atomic E-state index is -3.36. The van der Waals surface area contributed by atoms with Crippen molar-refractivity contribution >= 4 is 21.8 Å². The molecule has 0 saturated heterocycles. The zero-order valence-electron chi connectivity index (χ0n) is 20.9. The van der Waals surface area contributed by atoms with Gasteiger partial charge in [0.1, 0.15) is 0 Å². The molecule has 1 N–H and O–H groups in total. The predicted octanol–water partition coefficient (Wildman–Crippen LogP) is 8.27. The van der Waals surface area contributed by atoms with Gasteiger partial charge >= 0.3 is 0 Å². The number of thioether (sulfide) groups is 1. The van der Waals surface area contributed by atoms with E-state index in [4.69, 9.17) is 0 Å². The lowest BCUT2D eigenvalue weighted by molar-refractivity contribution is 0.531. The molecule has 0 aromatic heterocycles. The van der Waals surface area contributed by atoms with Crippen molar-refractivity contribution in [3.63, 3.8) is 0 Å². The summed E-state index contributed by atoms with van der Waals surface area (Å²) in [5.74, 6) is 1.97. The molecule has 0 amide bonds. The average Bonchev–Trinajstić information content (AvgIpc) is 2.78. The molecule has 1 aromatic carbocycles. The Bertz CT molecular complexity index is 644. The second-order valence-electron chi connectivity index (χ2n) is 9.13. The molecule has 0 fully saturated rings. The van der Waals surface area contributed by atoms with Crippen LogP contribution >= 0.6 is 11.8 Å². The minimum absolute atomic E-state index is 0.353. The van der Waals surface area contributed by atoms with Gasteiger partial charge in [0.05, 0.1) is 4.90 Å². The first-order valence-electron chi connectivity index (χ1n) is 13.2. The highest BCUT2D eigenvalue weighted by molar-refractivity contribution is 7.99. The molecule has 0 aliphatic heterocycles. The molecule has 5 heteroatoms. The van der Waals surface area contributed by atoms with Crippen LogP contribution in [0.5, 0.6) is 0 Å². The van der Waals surface area contributed by atoms with Crippen LogP contribution in [-0.4, -0.2) is 26.5 Å². The second kappa shape index (κ2) is 19.9. The summed E-state index contributed by atoms with van der Waals surface area (Å²) in [5.41, 5.74) is 1.07. The standard InChI is InChI=1S/C27H49NO2S2/c1-3-4-5-6-7-8-9-10-11-12-13-14-15-16-17-18-24-31-25-23-28-32(29,30)27-21-19-26(2)20-22-27/h19-22,28H,3-18,23-25H2,1-2H3. The number of hydrogen-bond donors (Lipinski definition) is 1. The van der Waals surface area contributed by atoms with Gasteiger partial charge in [-0.15, -0.1) is 0 Å². The number of benzene rings is 1. The Kier molecular flexibility index (Phi) is 18.4. The van der Waals surface area contributed by atoms with Crippen LogP contribution in [0.1, 0.15) is 115 Å². The zero-order chi connectivity index (χ0) is 23.3. The summed E-state index contributed by atoms with van der Waals surface area (Å²) >= 11 is 1.85. The summed E-state index contributed by atoms with van der Waals surface area (Å²) in [4.78, 5) is 0.353. The van der Waals surface area contributed by atoms with E-state index >= 15 is 0 Å². The zero-order valence-corrected chi connectivity index (χ0v) is 22.5. The van der Waals surface area contributed by atoms with E-state index in [1.165, 1.54) is 103 Å². The lowest BCUT2D eigenvalue weighted by atomic mass is 10.0. The number of unbranched alkanes of at least 4 members (excludes halogenated alkanes) is 15. The summed E-state index contributed by atoms with van der Waals surface area (Å²) in [5, 5.41) is 0. The van der Waals surface area contributed by atoms with E-state index in [1.807, 2.05) is 30.8 Å². The Morgan fingerprint density at radius 3 is 1.56 bits per heavy atom. The van der Waals surface area contributed by atoms with Crippen molar-refractivity contribution in [3.8, 4) is 0 Å². The molecule has 0 atom stereocenters. The van der Waals surface area contributed by atoms with Gasteiger partial charge in [-0.3, -0.25) is 0 Å². The van der Waals surface area contributed by atoms with Crippen LogP contribution in [0, 0.1) is 6.92 Å². The normalized spacial score (nSPS) is 11.8. The van der Waals surface area contributed by atoms with E-state index in [9.17, 15) is 8.42 Å². The van der Waals surface area contributed by atoms with Gasteiger partial charge in [-0.1, -0.05) is 121 Å². The molecule has 0 radical (unpaired) electrons. The van der Waals surface area contributed by atoms with Crippen molar-refractivity contribution in [1.82, 2.24) is 4.72 Å². The molecule has 1 aromatic rings. The van der Waals surface area contributed by atoms with Crippen LogP contribution in [0.3, 0.4) is 0 Å². The van der Waals surface area contributed by atoms with Gasteiger partial charge in [0, 0.05) is 12.3 Å². The van der Waals surface area contributed by atoms with Crippen molar-refractivity contribution in [3.05, 3.63) is 29.8 Å². The summed E-state index contributed by atoms with van der Waals surface area (Å²) in [6.07, 6.45) is 22.3. The van der Waals surface area contributed by atoms with Crippen LogP contribution in [-0.2, 0) is 10.0 Å². The van der Waals surface area contributed by atoms with Gasteiger partial charge in [-0.05, 0) is 31.2 Å². The molecule has 0 aliphatic rings. The Labute approximate surface area is 204 Å². The number of hydrogen-bond acceptors (Lipinski definition) is 3. The van der Waals surface area contributed by atoms with E-state index in [2.05, 4.69) is 11.6 Å². The Morgan fingerprint density at radius 1 is 0.656 bits per heavy atom. The number of rotatable bonds is 22. The Morgan fingerprint density at radius 2 is 1.09 bits per heavy atom. The largest absolute Gasteiger partial charge is 0.240 e. The van der Waals surface area contributed by atoms with Gasteiger partial charge < -0.3 is 0 Å². The lowest BCUT2D eigenvalue weighted by Crippen LogP contribution is -2.26. The van der Waals surface area contributed by atoms with Crippen molar-refractivity contribution in [2.24, 2.45) is 0 Å². The molecule has 0 aliphatic carbocycles. The third-order valence-electron chi connectivity index (χ3n) is 6.01. The molecule has 0 bridgehead atoms. The van der Waals surface area contributed by atoms with E-state index in [0.717, 1.165) is 17.1 Å². The number of sulfonamides is 1. The van der Waals surface area contributed by atoms with Crippen molar-refractivity contribution < 1.29 is 8.42 Å². The van der Waals surface area contributed by atoms with Crippen molar-refractivity contribution in [1.29, 1.82) is 0 Å². The Balaban J connectivity index is 1.80. The van der Waals surface area contributed by atoms with E-state index in [0.29, 0.717) is 11.4 Å². The molecule has 0 unspecified atom stereocenters. The third kappa shape index (κ3) is 16.1. The maximum atomic E-state index is 12.2. The predicted molar refractivity (Wildman–Crippen MR) is 143 cm³/mol. The SMILES string of the molecule is CCCCCCCCCCCCCCCCCCSCCNS(=O)(=O)c1ccc(C)cc1. The Hall–Kier alpha value is -0.520. The number of nitrogens with one attached hydrogen (secondary N) is 1. The molecule has 186 valence electrons. The summed E-state index contributed by atoms with van der Waals surface area (Å²) in [6.45, 7) is 4.74. The molecule has 0 saturated carbocycles. The first-order valence-corrected chi connectivity index (χ1v) is 15.8. The maximum absolute atomic E-state index is 12.2. The van der Waals surface area contributed by atoms with Gasteiger partial charge in [0.15, 0.2) is 0 Å². The summed E-state index contributed by atoms with van der Waals surface area (Å²) in [6, 6.07) is 7.00. The van der Waals surface area contributed by atoms with Gasteiger partial charge in [-0.25, -0.2) is 13.1 Å². The van der Waals surface area contributed by atoms with Crippen LogP contribution in [0.2, 0.25) is 0 Å². The van der Waals surface area contributed by atoms with Crippen LogP contribution in [0.4, 0.5) is 0 Å². The van der Waals surface area contributed by atoms with E-state index < -0.39 is 10.0 Å². The fourth-order valence-electron chi connectivity index (χ4n) is 3.90. The summed E-state index contributed by atoms with van der Waals surface area (Å²) in [7, 11) is -3.36. The highest BCUT2D eigenvalue weighted by atomic mass is 32.2. The topological polar surface area (TPSA) is 46.2 Å². The average molecular weight is 484 g/mol. The molecule has 1 rings (SSSR count). The molecule has 3 nitrogen and oxygen atoms in total. The molecule has 0 spiro atoms. The van der Waals surface area contributed by atoms with Gasteiger partial charge in [0.25, 0.3) is 0 Å². The van der Waals surface area contributed by atoms with Gasteiger partial charge in [-0.2, -0.15) is 11.8 Å². The fourth-order valence-corrected chi connectivity index (χ4v) is 5.92. The van der Waals surface area contributed by atoms with Crippen LogP contribution in [0.25, 0.3) is 0 Å². The fraction of sp³-hybridized carbons (Fsp3) is 0.778. The lowest BCUT2D eigenvalue weighted by Gasteiger charge is -2.07. The van der Waals surface area contributed by atoms with Crippen molar-refractivity contribution in [2.75, 3.05) is 18.1 Å². The second-order valence-corrected chi connectivity index (χ2v) is 12.1. The first kappa shape index (κ1) is 29.5. The summed E-state index contributed by atoms with van der Waals surface area (Å²) < 4.78 is 27.1. The highest BCUT2D eigenvalue weighted by Gasteiger charge is 2.12. The molecular weight excluding hydrogens is 434 g/mol. The smallest absolute Gasteiger partial charge is 0.210 e. The van der Waals surface area contributed by atoms with Crippen LogP contribution < -0.4 is 4.72 Å². The first-order chi connectivity index (χ1) is 15.6. The third-order valence-corrected chi connectivity index (χ3v) is 8.56. The van der Waals surface area contributed by atoms with Crippen LogP contribution in [0.15, 0.2) is 29.2 Å². The monoisotopic (exact) mass is 483 g/mol. The maximum Gasteiger partial charge on any atom is 0.240 e. The molecule has 0 heterocycles. The van der Waals surface area contributed by atoms with E-state index in [1.54, 1.807) is 12.1 Å². The van der Waals surface area contributed by atoms with Crippen molar-refractivity contribution in [2.45, 2.75) is 121 Å². The molecular formula is C27H49NO2S2. The van der Waals surface area contributed by atoms with E-state index in [-0.39, 0.29) is 0 Å². The molecule has 32 heavy (non-hydrogen) atoms. The minimum Gasteiger partial charge on any atom is -0.210 e. The number of aryl methyl sites for hydroxylation is 1.